The predicted octanol–water partition coefficient (Wildman–Crippen LogP) is 0.914. The zero-order valence-electron chi connectivity index (χ0n) is 11.1. The van der Waals surface area contributed by atoms with E-state index in [4.69, 9.17) is 5.26 Å². The first-order valence-electron chi connectivity index (χ1n) is 5.90. The highest BCUT2D eigenvalue weighted by Gasteiger charge is 2.10. The van der Waals surface area contributed by atoms with Crippen molar-refractivity contribution in [3.05, 3.63) is 67.7 Å². The quantitative estimate of drug-likeness (QED) is 0.817. The Morgan fingerprint density at radius 3 is 2.65 bits per heavy atom. The number of benzene rings is 1. The monoisotopic (exact) mass is 273 g/mol. The fourth-order valence-corrected chi connectivity index (χ4v) is 1.94. The van der Waals surface area contributed by atoms with E-state index in [2.05, 4.69) is 0 Å². The molecule has 20 heavy (non-hydrogen) atoms. The van der Waals surface area contributed by atoms with Gasteiger partial charge in [-0.15, -0.1) is 0 Å². The van der Waals surface area contributed by atoms with Gasteiger partial charge >= 0.3 is 5.69 Å². The molecule has 0 fully saturated rings. The summed E-state index contributed by atoms with van der Waals surface area (Å²) in [6.45, 7) is 1.66. The van der Waals surface area contributed by atoms with Crippen LogP contribution in [0.3, 0.4) is 0 Å². The van der Waals surface area contributed by atoms with Gasteiger partial charge in [0.2, 0.25) is 0 Å². The van der Waals surface area contributed by atoms with Gasteiger partial charge in [0, 0.05) is 18.8 Å². The molecule has 2 rings (SSSR count). The van der Waals surface area contributed by atoms with Gasteiger partial charge in [0.25, 0.3) is 5.56 Å². The van der Waals surface area contributed by atoms with Crippen LogP contribution in [-0.2, 0) is 13.6 Å². The molecule has 1 heterocycles. The van der Waals surface area contributed by atoms with Crippen molar-refractivity contribution in [3.8, 4) is 6.07 Å². The molecule has 5 nitrogen and oxygen atoms in total. The molecule has 1 aromatic heterocycles. The molecule has 0 radical (unpaired) electrons. The van der Waals surface area contributed by atoms with Gasteiger partial charge in [0.15, 0.2) is 0 Å². The maximum Gasteiger partial charge on any atom is 0.331 e. The van der Waals surface area contributed by atoms with Crippen molar-refractivity contribution in [1.29, 1.82) is 5.26 Å². The molecule has 102 valence electrons. The standard InChI is InChI=1S/C14H12FN3O2/c1-9-5-13(19)17(2)14(20)18(9)8-11-6-12(15)4-3-10(11)7-16/h3-6H,8H2,1-2H3. The lowest BCUT2D eigenvalue weighted by molar-refractivity contribution is 0.608. The zero-order chi connectivity index (χ0) is 14.9. The largest absolute Gasteiger partial charge is 0.331 e. The van der Waals surface area contributed by atoms with Crippen molar-refractivity contribution < 1.29 is 4.39 Å². The van der Waals surface area contributed by atoms with Gasteiger partial charge in [-0.05, 0) is 30.7 Å². The van der Waals surface area contributed by atoms with Crippen LogP contribution < -0.4 is 11.2 Å². The van der Waals surface area contributed by atoms with E-state index in [1.807, 2.05) is 6.07 Å². The molecule has 0 unspecified atom stereocenters. The predicted molar refractivity (Wildman–Crippen MR) is 70.9 cm³/mol. The minimum absolute atomic E-state index is 0.0411. The van der Waals surface area contributed by atoms with Gasteiger partial charge in [-0.3, -0.25) is 13.9 Å². The first-order valence-corrected chi connectivity index (χ1v) is 5.90. The first-order chi connectivity index (χ1) is 9.43. The number of aryl methyl sites for hydroxylation is 1. The Morgan fingerprint density at radius 1 is 1.30 bits per heavy atom. The molecule has 0 spiro atoms. The van der Waals surface area contributed by atoms with Crippen LogP contribution in [0.4, 0.5) is 4.39 Å². The van der Waals surface area contributed by atoms with Crippen molar-refractivity contribution in [2.75, 3.05) is 0 Å². The molecule has 0 saturated carbocycles. The van der Waals surface area contributed by atoms with E-state index in [1.54, 1.807) is 6.92 Å². The summed E-state index contributed by atoms with van der Waals surface area (Å²) >= 11 is 0. The van der Waals surface area contributed by atoms with E-state index >= 15 is 0 Å². The lowest BCUT2D eigenvalue weighted by Gasteiger charge is -2.12. The summed E-state index contributed by atoms with van der Waals surface area (Å²) < 4.78 is 15.6. The lowest BCUT2D eigenvalue weighted by atomic mass is 10.1. The average molecular weight is 273 g/mol. The second-order valence-electron chi connectivity index (χ2n) is 4.46. The van der Waals surface area contributed by atoms with Gasteiger partial charge in [0.05, 0.1) is 18.2 Å². The summed E-state index contributed by atoms with van der Waals surface area (Å²) in [5, 5.41) is 9.01. The second kappa shape index (κ2) is 5.13. The van der Waals surface area contributed by atoms with E-state index in [0.717, 1.165) is 4.57 Å². The molecular formula is C14H12FN3O2. The highest BCUT2D eigenvalue weighted by Crippen LogP contribution is 2.12. The second-order valence-corrected chi connectivity index (χ2v) is 4.46. The SMILES string of the molecule is Cc1cc(=O)n(C)c(=O)n1Cc1cc(F)ccc1C#N. The summed E-state index contributed by atoms with van der Waals surface area (Å²) in [5.74, 6) is -0.477. The minimum atomic E-state index is -0.497. The van der Waals surface area contributed by atoms with Crippen molar-refractivity contribution in [1.82, 2.24) is 9.13 Å². The number of nitrogens with zero attached hydrogens (tertiary/aromatic N) is 3. The molecule has 6 heteroatoms. The van der Waals surface area contributed by atoms with Crippen LogP contribution in [-0.4, -0.2) is 9.13 Å². The third kappa shape index (κ3) is 2.38. The molecule has 0 amide bonds. The van der Waals surface area contributed by atoms with Crippen molar-refractivity contribution in [2.45, 2.75) is 13.5 Å². The van der Waals surface area contributed by atoms with Gasteiger partial charge in [0.1, 0.15) is 5.82 Å². The minimum Gasteiger partial charge on any atom is -0.293 e. The molecule has 0 bridgehead atoms. The molecule has 0 aliphatic rings. The molecule has 0 aliphatic carbocycles. The third-order valence-electron chi connectivity index (χ3n) is 3.12. The number of hydrogen-bond acceptors (Lipinski definition) is 3. The van der Waals surface area contributed by atoms with Gasteiger partial charge in [-0.25, -0.2) is 9.18 Å². The van der Waals surface area contributed by atoms with Crippen LogP contribution in [0.25, 0.3) is 0 Å². The Balaban J connectivity index is 2.60. The van der Waals surface area contributed by atoms with Crippen LogP contribution in [0.1, 0.15) is 16.8 Å². The van der Waals surface area contributed by atoms with Gasteiger partial charge in [-0.2, -0.15) is 5.26 Å². The summed E-state index contributed by atoms with van der Waals surface area (Å²) in [5.41, 5.74) is 0.265. The zero-order valence-corrected chi connectivity index (χ0v) is 11.1. The smallest absolute Gasteiger partial charge is 0.293 e. The number of nitriles is 1. The van der Waals surface area contributed by atoms with Crippen molar-refractivity contribution in [3.63, 3.8) is 0 Å². The van der Waals surface area contributed by atoms with E-state index in [-0.39, 0.29) is 6.54 Å². The summed E-state index contributed by atoms with van der Waals surface area (Å²) in [7, 11) is 1.37. The van der Waals surface area contributed by atoms with Crippen LogP contribution in [0.15, 0.2) is 33.9 Å². The number of aromatic nitrogens is 2. The Hall–Kier alpha value is -2.68. The molecule has 2 aromatic rings. The highest BCUT2D eigenvalue weighted by atomic mass is 19.1. The fraction of sp³-hybridized carbons (Fsp3) is 0.214. The van der Waals surface area contributed by atoms with E-state index in [0.29, 0.717) is 16.8 Å². The van der Waals surface area contributed by atoms with E-state index in [1.165, 1.54) is 35.9 Å². The number of rotatable bonds is 2. The van der Waals surface area contributed by atoms with E-state index < -0.39 is 17.1 Å². The maximum atomic E-state index is 13.3. The topological polar surface area (TPSA) is 67.8 Å². The average Bonchev–Trinajstić information content (AvgIpc) is 2.41. The Morgan fingerprint density at radius 2 is 2.00 bits per heavy atom. The third-order valence-corrected chi connectivity index (χ3v) is 3.12. The summed E-state index contributed by atoms with van der Waals surface area (Å²) in [6.07, 6.45) is 0. The van der Waals surface area contributed by atoms with Crippen LogP contribution in [0.2, 0.25) is 0 Å². The highest BCUT2D eigenvalue weighted by molar-refractivity contribution is 5.38. The summed E-state index contributed by atoms with van der Waals surface area (Å²) in [4.78, 5) is 23.5. The molecule has 0 N–H and O–H groups in total. The number of halogens is 1. The molecule has 0 atom stereocenters. The molecule has 1 aromatic carbocycles. The maximum absolute atomic E-state index is 13.3. The Labute approximate surface area is 114 Å². The molecule has 0 saturated heterocycles. The lowest BCUT2D eigenvalue weighted by Crippen LogP contribution is -2.38. The van der Waals surface area contributed by atoms with Crippen LogP contribution in [0.5, 0.6) is 0 Å². The summed E-state index contributed by atoms with van der Waals surface area (Å²) in [6, 6.07) is 7.06. The van der Waals surface area contributed by atoms with Crippen LogP contribution >= 0.6 is 0 Å². The van der Waals surface area contributed by atoms with Gasteiger partial charge < -0.3 is 0 Å². The van der Waals surface area contributed by atoms with Crippen molar-refractivity contribution in [2.24, 2.45) is 7.05 Å². The Bertz CT molecular complexity index is 828. The molecular weight excluding hydrogens is 261 g/mol. The number of hydrogen-bond donors (Lipinski definition) is 0. The fourth-order valence-electron chi connectivity index (χ4n) is 1.94. The Kier molecular flexibility index (Phi) is 3.53. The first kappa shape index (κ1) is 13.7. The van der Waals surface area contributed by atoms with Gasteiger partial charge in [-0.1, -0.05) is 0 Å². The van der Waals surface area contributed by atoms with E-state index in [9.17, 15) is 14.0 Å². The normalized spacial score (nSPS) is 10.3. The van der Waals surface area contributed by atoms with Crippen LogP contribution in [0, 0.1) is 24.1 Å². The molecule has 0 aliphatic heterocycles. The van der Waals surface area contributed by atoms with Crippen molar-refractivity contribution >= 4 is 0 Å².